The van der Waals surface area contributed by atoms with Crippen LogP contribution in [0, 0.1) is 0 Å². The van der Waals surface area contributed by atoms with Crippen LogP contribution in [0.3, 0.4) is 0 Å². The molecular weight excluding hydrogens is 298 g/mol. The van der Waals surface area contributed by atoms with Crippen molar-refractivity contribution in [1.82, 2.24) is 5.32 Å². The first-order valence-electron chi connectivity index (χ1n) is 4.26. The Balaban J connectivity index is 4.29. The van der Waals surface area contributed by atoms with Gasteiger partial charge in [0.15, 0.2) is 0 Å². The number of amides is 1. The molecule has 0 bridgehead atoms. The van der Waals surface area contributed by atoms with E-state index in [-0.39, 0.29) is 17.5 Å². The maximum Gasteiger partial charge on any atom is 0.383 e. The largest absolute Gasteiger partial charge is 0.383 e. The molecule has 0 aliphatic rings. The predicted octanol–water partition coefficient (Wildman–Crippen LogP) is 1.75. The summed E-state index contributed by atoms with van der Waals surface area (Å²) in [6, 6.07) is -0.915. The monoisotopic (exact) mass is 307 g/mol. The zero-order chi connectivity index (χ0) is 12.9. The summed E-state index contributed by atoms with van der Waals surface area (Å²) in [5.74, 6) is -7.13. The number of rotatable bonds is 6. The Bertz CT molecular complexity index is 273. The van der Waals surface area contributed by atoms with Crippen molar-refractivity contribution >= 4 is 27.6 Å². The van der Waals surface area contributed by atoms with Crippen LogP contribution in [0.5, 0.6) is 0 Å². The molecule has 16 heavy (non-hydrogen) atoms. The van der Waals surface area contributed by atoms with Crippen molar-refractivity contribution in [1.29, 1.82) is 0 Å². The van der Waals surface area contributed by atoms with Crippen molar-refractivity contribution in [3.63, 3.8) is 0 Å². The lowest BCUT2D eigenvalue weighted by atomic mass is 10.1. The molecule has 1 atom stereocenters. The number of hydrogen-bond acceptors (Lipinski definition) is 2. The Morgan fingerprint density at radius 1 is 1.38 bits per heavy atom. The summed E-state index contributed by atoms with van der Waals surface area (Å²) in [5.41, 5.74) is 0. The van der Waals surface area contributed by atoms with Crippen LogP contribution in [0.2, 0.25) is 0 Å². The third-order valence-electron chi connectivity index (χ3n) is 1.64. The smallest absolute Gasteiger partial charge is 0.348 e. The maximum absolute atomic E-state index is 12.5. The molecule has 1 unspecified atom stereocenters. The van der Waals surface area contributed by atoms with Gasteiger partial charge in [0.05, 0.1) is 5.33 Å². The summed E-state index contributed by atoms with van der Waals surface area (Å²) < 4.78 is 48.4. The van der Waals surface area contributed by atoms with Gasteiger partial charge in [0, 0.05) is 12.5 Å². The summed E-state index contributed by atoms with van der Waals surface area (Å²) >= 11 is 2.84. The number of alkyl halides is 5. The van der Waals surface area contributed by atoms with Gasteiger partial charge in [-0.15, -0.1) is 0 Å². The highest BCUT2D eigenvalue weighted by Crippen LogP contribution is 2.23. The van der Waals surface area contributed by atoms with Crippen LogP contribution in [0.25, 0.3) is 0 Å². The third-order valence-corrected chi connectivity index (χ3v) is 2.26. The van der Waals surface area contributed by atoms with E-state index in [0.717, 1.165) is 0 Å². The fraction of sp³-hybridized carbons (Fsp3) is 0.750. The molecule has 0 saturated heterocycles. The first-order valence-corrected chi connectivity index (χ1v) is 5.38. The molecule has 0 aliphatic carbocycles. The number of carbonyl (C=O) groups is 2. The molecule has 0 rings (SSSR count). The highest BCUT2D eigenvalue weighted by Gasteiger charge is 2.49. The van der Waals surface area contributed by atoms with Gasteiger partial charge >= 0.3 is 12.3 Å². The molecule has 1 amide bonds. The molecule has 3 nitrogen and oxygen atoms in total. The first-order chi connectivity index (χ1) is 7.21. The first kappa shape index (κ1) is 15.3. The molecule has 0 heterocycles. The van der Waals surface area contributed by atoms with Crippen LogP contribution in [-0.4, -0.2) is 35.4 Å². The van der Waals surface area contributed by atoms with Crippen LogP contribution in [0.4, 0.5) is 17.6 Å². The lowest BCUT2D eigenvalue weighted by molar-refractivity contribution is -0.170. The van der Waals surface area contributed by atoms with Crippen molar-refractivity contribution in [2.75, 3.05) is 5.33 Å². The van der Waals surface area contributed by atoms with Gasteiger partial charge in [0.2, 0.25) is 0 Å². The van der Waals surface area contributed by atoms with Gasteiger partial charge in [-0.3, -0.25) is 9.59 Å². The minimum Gasteiger partial charge on any atom is -0.348 e. The summed E-state index contributed by atoms with van der Waals surface area (Å²) in [7, 11) is 0. The fourth-order valence-corrected chi connectivity index (χ4v) is 1.10. The molecule has 94 valence electrons. The summed E-state index contributed by atoms with van der Waals surface area (Å²) in [6.07, 6.45) is -4.26. The van der Waals surface area contributed by atoms with E-state index in [0.29, 0.717) is 0 Å². The van der Waals surface area contributed by atoms with E-state index in [9.17, 15) is 27.2 Å². The summed E-state index contributed by atoms with van der Waals surface area (Å²) in [4.78, 5) is 21.6. The Morgan fingerprint density at radius 2 is 1.88 bits per heavy atom. The molecule has 8 heteroatoms. The van der Waals surface area contributed by atoms with Gasteiger partial charge in [0.25, 0.3) is 5.91 Å². The van der Waals surface area contributed by atoms with Crippen LogP contribution in [0.1, 0.15) is 13.3 Å². The molecule has 0 aromatic heterocycles. The van der Waals surface area contributed by atoms with E-state index in [1.54, 1.807) is 5.32 Å². The van der Waals surface area contributed by atoms with Crippen molar-refractivity contribution in [3.05, 3.63) is 0 Å². The van der Waals surface area contributed by atoms with Crippen molar-refractivity contribution in [2.45, 2.75) is 31.7 Å². The lowest BCUT2D eigenvalue weighted by Gasteiger charge is -2.18. The minimum atomic E-state index is -4.73. The van der Waals surface area contributed by atoms with Gasteiger partial charge in [-0.2, -0.15) is 8.78 Å². The lowest BCUT2D eigenvalue weighted by Crippen LogP contribution is -2.48. The number of carbonyl (C=O) groups excluding carboxylic acids is 2. The molecule has 0 aromatic carbocycles. The topological polar surface area (TPSA) is 46.2 Å². The summed E-state index contributed by atoms with van der Waals surface area (Å²) in [5, 5.41) is 1.67. The molecule has 1 N–H and O–H groups in total. The Morgan fingerprint density at radius 3 is 2.25 bits per heavy atom. The third kappa shape index (κ3) is 4.46. The average Bonchev–Trinajstić information content (AvgIpc) is 2.16. The normalized spacial score (nSPS) is 13.7. The summed E-state index contributed by atoms with van der Waals surface area (Å²) in [6.45, 7) is 1.28. The van der Waals surface area contributed by atoms with E-state index >= 15 is 0 Å². The van der Waals surface area contributed by atoms with E-state index in [1.165, 1.54) is 6.92 Å². The van der Waals surface area contributed by atoms with Crippen LogP contribution in [-0.2, 0) is 9.59 Å². The highest BCUT2D eigenvalue weighted by atomic mass is 79.9. The van der Waals surface area contributed by atoms with Crippen molar-refractivity contribution < 1.29 is 27.2 Å². The fourth-order valence-electron chi connectivity index (χ4n) is 0.866. The minimum absolute atomic E-state index is 0.0124. The van der Waals surface area contributed by atoms with Crippen LogP contribution < -0.4 is 5.32 Å². The van der Waals surface area contributed by atoms with Crippen molar-refractivity contribution in [2.24, 2.45) is 0 Å². The van der Waals surface area contributed by atoms with Crippen molar-refractivity contribution in [3.8, 4) is 0 Å². The Hall–Kier alpha value is -0.660. The van der Waals surface area contributed by atoms with Gasteiger partial charge in [-0.25, -0.2) is 8.78 Å². The Labute approximate surface area is 97.7 Å². The second-order valence-electron chi connectivity index (χ2n) is 3.17. The zero-order valence-corrected chi connectivity index (χ0v) is 9.86. The van der Waals surface area contributed by atoms with E-state index < -0.39 is 24.3 Å². The quantitative estimate of drug-likeness (QED) is 0.600. The SMILES string of the molecule is CC(CC(=O)CBr)NC(=O)C(F)(F)C(F)F. The number of ketones is 1. The van der Waals surface area contributed by atoms with E-state index in [1.807, 2.05) is 0 Å². The van der Waals surface area contributed by atoms with Gasteiger partial charge in [-0.05, 0) is 6.92 Å². The molecule has 0 spiro atoms. The molecule has 0 fully saturated rings. The molecule has 0 saturated carbocycles. The van der Waals surface area contributed by atoms with Gasteiger partial charge in [-0.1, -0.05) is 15.9 Å². The number of nitrogens with one attached hydrogen (secondary N) is 1. The second kappa shape index (κ2) is 6.17. The molecular formula is C8H10BrF4NO2. The van der Waals surface area contributed by atoms with E-state index in [2.05, 4.69) is 15.9 Å². The van der Waals surface area contributed by atoms with Crippen LogP contribution in [0.15, 0.2) is 0 Å². The van der Waals surface area contributed by atoms with Gasteiger partial charge in [0.1, 0.15) is 5.78 Å². The number of hydrogen-bond donors (Lipinski definition) is 1. The highest BCUT2D eigenvalue weighted by molar-refractivity contribution is 9.09. The van der Waals surface area contributed by atoms with Gasteiger partial charge < -0.3 is 5.32 Å². The average molecular weight is 308 g/mol. The second-order valence-corrected chi connectivity index (χ2v) is 3.74. The zero-order valence-electron chi connectivity index (χ0n) is 8.28. The number of halogens is 5. The molecule has 0 aliphatic heterocycles. The van der Waals surface area contributed by atoms with E-state index in [4.69, 9.17) is 0 Å². The number of Topliss-reactive ketones (excluding diaryl/α,β-unsaturated/α-hetero) is 1. The van der Waals surface area contributed by atoms with Crippen LogP contribution >= 0.6 is 15.9 Å². The predicted molar refractivity (Wildman–Crippen MR) is 52.0 cm³/mol. The molecule has 0 aromatic rings. The standard InChI is InChI=1S/C8H10BrF4NO2/c1-4(2-5(15)3-9)14-7(16)8(12,13)6(10)11/h4,6H,2-3H2,1H3,(H,14,16). The maximum atomic E-state index is 12.5. The Kier molecular flexibility index (Phi) is 5.91. The molecule has 0 radical (unpaired) electrons.